The molecule has 178 valence electrons. The highest BCUT2D eigenvalue weighted by atomic mass is 79.9. The molecule has 0 saturated heterocycles. The van der Waals surface area contributed by atoms with Gasteiger partial charge < -0.3 is 10.2 Å². The predicted molar refractivity (Wildman–Crippen MR) is 129 cm³/mol. The van der Waals surface area contributed by atoms with Gasteiger partial charge in [-0.25, -0.2) is 0 Å². The molecule has 0 aliphatic heterocycles. The molecule has 2 N–H and O–H groups in total. The minimum absolute atomic E-state index is 0.0282. The number of aliphatic hydroxyl groups is 2. The number of halogens is 1. The zero-order valence-corrected chi connectivity index (χ0v) is 21.9. The summed E-state index contributed by atoms with van der Waals surface area (Å²) in [6, 6.07) is 0. The highest BCUT2D eigenvalue weighted by Gasteiger charge is 2.64. The number of carbonyl (C=O) groups excluding carboxylic acids is 1. The van der Waals surface area contributed by atoms with Crippen molar-refractivity contribution in [3.05, 3.63) is 0 Å². The Balaban J connectivity index is 1.61. The third kappa shape index (κ3) is 3.79. The summed E-state index contributed by atoms with van der Waals surface area (Å²) in [4.78, 5) is 11.8. The van der Waals surface area contributed by atoms with Crippen LogP contribution in [0.25, 0.3) is 0 Å². The van der Waals surface area contributed by atoms with E-state index in [4.69, 9.17) is 0 Å². The lowest BCUT2D eigenvalue weighted by Crippen LogP contribution is -2.62. The fourth-order valence-electron chi connectivity index (χ4n) is 9.59. The van der Waals surface area contributed by atoms with Crippen LogP contribution in [0, 0.1) is 52.3 Å². The number of ketones is 1. The number of aliphatic hydroxyl groups excluding tert-OH is 2. The maximum atomic E-state index is 11.9. The smallest absolute Gasteiger partial charge is 0.143 e. The van der Waals surface area contributed by atoms with E-state index in [1.165, 1.54) is 25.7 Å². The monoisotopic (exact) mass is 496 g/mol. The van der Waals surface area contributed by atoms with Crippen LogP contribution < -0.4 is 0 Å². The Bertz CT molecular complexity index is 681. The lowest BCUT2D eigenvalue weighted by atomic mass is 9.41. The van der Waals surface area contributed by atoms with Crippen molar-refractivity contribution >= 4 is 21.7 Å². The molecule has 4 aliphatic rings. The fourth-order valence-corrected chi connectivity index (χ4v) is 10.2. The molecule has 4 rings (SSSR count). The fraction of sp³-hybridized carbons (Fsp3) is 0.963. The summed E-state index contributed by atoms with van der Waals surface area (Å²) in [5.74, 6) is 3.79. The third-order valence-corrected chi connectivity index (χ3v) is 12.2. The first-order valence-electron chi connectivity index (χ1n) is 13.0. The Morgan fingerprint density at radius 2 is 1.68 bits per heavy atom. The van der Waals surface area contributed by atoms with Gasteiger partial charge in [-0.15, -0.1) is 0 Å². The summed E-state index contributed by atoms with van der Waals surface area (Å²) in [6.07, 6.45) is 9.43. The predicted octanol–water partition coefficient (Wildman–Crippen LogP) is 5.99. The molecule has 0 aromatic rings. The lowest BCUT2D eigenvalue weighted by molar-refractivity contribution is -0.203. The number of hydrogen-bond donors (Lipinski definition) is 2. The number of rotatable bonds is 5. The summed E-state index contributed by atoms with van der Waals surface area (Å²) in [7, 11) is 0. The van der Waals surface area contributed by atoms with Crippen LogP contribution in [-0.4, -0.2) is 33.0 Å². The van der Waals surface area contributed by atoms with Crippen LogP contribution in [-0.2, 0) is 4.79 Å². The van der Waals surface area contributed by atoms with Crippen molar-refractivity contribution in [2.24, 2.45) is 52.3 Å². The van der Waals surface area contributed by atoms with E-state index in [-0.39, 0.29) is 33.6 Å². The minimum atomic E-state index is -0.224. The summed E-state index contributed by atoms with van der Waals surface area (Å²) >= 11 is 3.62. The summed E-state index contributed by atoms with van der Waals surface area (Å²) in [6.45, 7) is 11.3. The van der Waals surface area contributed by atoms with Gasteiger partial charge in [-0.2, -0.15) is 0 Å². The van der Waals surface area contributed by atoms with Crippen molar-refractivity contribution in [2.45, 2.75) is 109 Å². The molecule has 4 fully saturated rings. The van der Waals surface area contributed by atoms with Gasteiger partial charge in [0.1, 0.15) is 5.78 Å². The lowest BCUT2D eigenvalue weighted by Gasteiger charge is -2.64. The van der Waals surface area contributed by atoms with Crippen molar-refractivity contribution in [1.82, 2.24) is 0 Å². The molecular formula is C27H45BrO3. The van der Waals surface area contributed by atoms with Crippen LogP contribution >= 0.6 is 15.9 Å². The molecule has 4 saturated carbocycles. The van der Waals surface area contributed by atoms with Crippen molar-refractivity contribution in [3.63, 3.8) is 0 Å². The Kier molecular flexibility index (Phi) is 6.79. The second kappa shape index (κ2) is 8.69. The molecule has 6 unspecified atom stereocenters. The van der Waals surface area contributed by atoms with E-state index in [9.17, 15) is 15.0 Å². The van der Waals surface area contributed by atoms with E-state index >= 15 is 0 Å². The molecule has 3 nitrogen and oxygen atoms in total. The SMILES string of the molecule is CC[C@H]1C(O)C2C3CCC([C@H](C)CC(Br)C(C)=O)[C@@]3(C)CCC2[C@@]2(C)CC[C@@H](O)C[C@@H]12. The highest BCUT2D eigenvalue weighted by molar-refractivity contribution is 9.10. The highest BCUT2D eigenvalue weighted by Crippen LogP contribution is 2.69. The Labute approximate surface area is 198 Å². The summed E-state index contributed by atoms with van der Waals surface area (Å²) in [5.41, 5.74) is 0.547. The molecular weight excluding hydrogens is 452 g/mol. The van der Waals surface area contributed by atoms with E-state index in [0.29, 0.717) is 41.4 Å². The first-order valence-corrected chi connectivity index (χ1v) is 14.0. The van der Waals surface area contributed by atoms with Crippen LogP contribution in [0.15, 0.2) is 0 Å². The van der Waals surface area contributed by atoms with E-state index in [2.05, 4.69) is 43.6 Å². The van der Waals surface area contributed by atoms with Crippen LogP contribution in [0.4, 0.5) is 0 Å². The maximum absolute atomic E-state index is 11.9. The van der Waals surface area contributed by atoms with Crippen molar-refractivity contribution < 1.29 is 15.0 Å². The van der Waals surface area contributed by atoms with Crippen molar-refractivity contribution in [1.29, 1.82) is 0 Å². The molecule has 0 amide bonds. The van der Waals surface area contributed by atoms with Gasteiger partial charge in [0.15, 0.2) is 0 Å². The van der Waals surface area contributed by atoms with E-state index in [1.54, 1.807) is 6.92 Å². The quantitative estimate of drug-likeness (QED) is 0.459. The van der Waals surface area contributed by atoms with E-state index in [0.717, 1.165) is 32.1 Å². The second-order valence-electron chi connectivity index (χ2n) is 12.4. The standard InChI is InChI=1S/C27H45BrO3/c1-6-18-22-14-17(30)9-11-27(22,5)21-10-12-26(4)19(15(2)13-23(28)16(3)29)7-8-20(26)24(21)25(18)31/h15,17-25,30-31H,6-14H2,1-5H3/t15-,17-,18-,19?,20?,21?,22+,23?,24?,25?,26-,27-/m1/s1. The zero-order chi connectivity index (χ0) is 22.7. The molecule has 0 aromatic heterocycles. The molecule has 0 aromatic carbocycles. The number of hydrogen-bond acceptors (Lipinski definition) is 3. The van der Waals surface area contributed by atoms with Gasteiger partial charge in [-0.1, -0.05) is 50.0 Å². The Morgan fingerprint density at radius 3 is 2.32 bits per heavy atom. The molecule has 31 heavy (non-hydrogen) atoms. The topological polar surface area (TPSA) is 57.5 Å². The van der Waals surface area contributed by atoms with Crippen LogP contribution in [0.5, 0.6) is 0 Å². The van der Waals surface area contributed by atoms with E-state index < -0.39 is 0 Å². The van der Waals surface area contributed by atoms with Crippen LogP contribution in [0.1, 0.15) is 92.4 Å². The minimum Gasteiger partial charge on any atom is -0.393 e. The van der Waals surface area contributed by atoms with Gasteiger partial charge in [0.2, 0.25) is 0 Å². The zero-order valence-electron chi connectivity index (χ0n) is 20.3. The van der Waals surface area contributed by atoms with Gasteiger partial charge in [-0.3, -0.25) is 4.79 Å². The molecule has 0 bridgehead atoms. The van der Waals surface area contributed by atoms with Gasteiger partial charge in [0.05, 0.1) is 17.0 Å². The summed E-state index contributed by atoms with van der Waals surface area (Å²) < 4.78 is 0. The average Bonchev–Trinajstić information content (AvgIpc) is 3.06. The van der Waals surface area contributed by atoms with Crippen molar-refractivity contribution in [2.75, 3.05) is 0 Å². The largest absolute Gasteiger partial charge is 0.393 e. The van der Waals surface area contributed by atoms with Gasteiger partial charge in [0.25, 0.3) is 0 Å². The Morgan fingerprint density at radius 1 is 1.03 bits per heavy atom. The van der Waals surface area contributed by atoms with Gasteiger partial charge >= 0.3 is 0 Å². The Hall–Kier alpha value is 0.0700. The summed E-state index contributed by atoms with van der Waals surface area (Å²) in [5, 5.41) is 22.2. The molecule has 4 heteroatoms. The van der Waals surface area contributed by atoms with Gasteiger partial charge in [0, 0.05) is 0 Å². The molecule has 0 spiro atoms. The van der Waals surface area contributed by atoms with Gasteiger partial charge in [-0.05, 0) is 111 Å². The second-order valence-corrected chi connectivity index (χ2v) is 13.5. The van der Waals surface area contributed by atoms with E-state index in [1.807, 2.05) is 0 Å². The number of fused-ring (bicyclic) bond motifs is 5. The molecule has 4 aliphatic carbocycles. The first-order chi connectivity index (χ1) is 14.5. The molecule has 0 heterocycles. The first kappa shape index (κ1) is 24.2. The number of Topliss-reactive ketones (excluding diaryl/α,β-unsaturated/α-hetero) is 1. The van der Waals surface area contributed by atoms with Crippen LogP contribution in [0.2, 0.25) is 0 Å². The van der Waals surface area contributed by atoms with Crippen molar-refractivity contribution in [3.8, 4) is 0 Å². The molecule has 12 atom stereocenters. The number of alkyl halides is 1. The van der Waals surface area contributed by atoms with Crippen LogP contribution in [0.3, 0.4) is 0 Å². The normalized spacial score (nSPS) is 51.4. The third-order valence-electron chi connectivity index (χ3n) is 11.2. The molecule has 0 radical (unpaired) electrons. The maximum Gasteiger partial charge on any atom is 0.143 e. The number of carbonyl (C=O) groups is 1. The average molecular weight is 498 g/mol.